The number of aliphatic hydroxyl groups excluding tert-OH is 1. The van der Waals surface area contributed by atoms with Gasteiger partial charge >= 0.3 is 0 Å². The molecule has 2 aromatic heterocycles. The Morgan fingerprint density at radius 1 is 1.41 bits per heavy atom. The molecule has 0 atom stereocenters. The number of nitrogens with one attached hydrogen (secondary N) is 1. The number of rotatable bonds is 7. The minimum Gasteiger partial charge on any atom is -0.468 e. The second kappa shape index (κ2) is 6.17. The van der Waals surface area contributed by atoms with Crippen LogP contribution in [0.25, 0.3) is 0 Å². The van der Waals surface area contributed by atoms with E-state index in [1.165, 1.54) is 0 Å². The molecule has 0 aromatic carbocycles. The highest BCUT2D eigenvalue weighted by Crippen LogP contribution is 2.00. The summed E-state index contributed by atoms with van der Waals surface area (Å²) in [5.74, 6) is 0.901. The molecule has 0 radical (unpaired) electrons. The van der Waals surface area contributed by atoms with E-state index in [0.29, 0.717) is 26.1 Å². The Hall–Kier alpha value is -1.66. The summed E-state index contributed by atoms with van der Waals surface area (Å²) in [6.07, 6.45) is 4.23. The zero-order chi connectivity index (χ0) is 11.9. The monoisotopic (exact) mass is 236 g/mol. The van der Waals surface area contributed by atoms with Crippen LogP contribution < -0.4 is 5.32 Å². The fourth-order valence-electron chi connectivity index (χ4n) is 1.49. The van der Waals surface area contributed by atoms with Crippen LogP contribution in [0.5, 0.6) is 0 Å². The third kappa shape index (κ3) is 3.69. The van der Waals surface area contributed by atoms with Gasteiger partial charge in [-0.3, -0.25) is 4.68 Å². The van der Waals surface area contributed by atoms with Gasteiger partial charge in [-0.05, 0) is 18.6 Å². The van der Waals surface area contributed by atoms with E-state index in [0.717, 1.165) is 11.5 Å². The summed E-state index contributed by atoms with van der Waals surface area (Å²) in [6.45, 7) is 2.20. The van der Waals surface area contributed by atoms with Crippen LogP contribution in [0.4, 0.5) is 0 Å². The maximum absolute atomic E-state index is 8.70. The van der Waals surface area contributed by atoms with Crippen LogP contribution in [-0.2, 0) is 19.6 Å². The zero-order valence-corrected chi connectivity index (χ0v) is 9.54. The third-order valence-corrected chi connectivity index (χ3v) is 2.32. The normalized spacial score (nSPS) is 10.9. The van der Waals surface area contributed by atoms with E-state index in [2.05, 4.69) is 15.6 Å². The minimum atomic E-state index is 0.173. The Kier molecular flexibility index (Phi) is 4.29. The number of aliphatic hydroxyl groups is 1. The molecule has 2 rings (SSSR count). The first-order valence-electron chi connectivity index (χ1n) is 5.61. The second-order valence-corrected chi connectivity index (χ2v) is 3.73. The smallest absolute Gasteiger partial charge is 0.117 e. The van der Waals surface area contributed by atoms with Gasteiger partial charge in [0.25, 0.3) is 0 Å². The fraction of sp³-hybridized carbons (Fsp3) is 0.455. The van der Waals surface area contributed by atoms with E-state index in [9.17, 15) is 0 Å². The van der Waals surface area contributed by atoms with Crippen molar-refractivity contribution in [3.63, 3.8) is 0 Å². The van der Waals surface area contributed by atoms with Crippen LogP contribution in [0.3, 0.4) is 0 Å². The molecule has 0 aliphatic heterocycles. The van der Waals surface area contributed by atoms with E-state index < -0.39 is 0 Å². The summed E-state index contributed by atoms with van der Waals surface area (Å²) >= 11 is 0. The van der Waals surface area contributed by atoms with Gasteiger partial charge in [0.05, 0.1) is 18.5 Å². The molecule has 2 aromatic rings. The van der Waals surface area contributed by atoms with Crippen molar-refractivity contribution in [2.45, 2.75) is 26.1 Å². The van der Waals surface area contributed by atoms with E-state index in [1.807, 2.05) is 18.3 Å². The minimum absolute atomic E-state index is 0.173. The third-order valence-electron chi connectivity index (χ3n) is 2.32. The van der Waals surface area contributed by atoms with Crippen molar-refractivity contribution in [1.82, 2.24) is 20.3 Å². The molecule has 0 saturated carbocycles. The molecule has 0 fully saturated rings. The number of hydrogen-bond acceptors (Lipinski definition) is 5. The number of hydrogen-bond donors (Lipinski definition) is 2. The molecule has 2 N–H and O–H groups in total. The average Bonchev–Trinajstić information content (AvgIpc) is 2.98. The number of aryl methyl sites for hydroxylation is 1. The van der Waals surface area contributed by atoms with Gasteiger partial charge in [-0.15, -0.1) is 5.10 Å². The lowest BCUT2D eigenvalue weighted by atomic mass is 10.4. The molecule has 0 saturated heterocycles. The Balaban J connectivity index is 1.73. The van der Waals surface area contributed by atoms with Crippen molar-refractivity contribution in [3.05, 3.63) is 36.0 Å². The predicted molar refractivity (Wildman–Crippen MR) is 61.0 cm³/mol. The van der Waals surface area contributed by atoms with Crippen molar-refractivity contribution >= 4 is 0 Å². The number of nitrogens with zero attached hydrogens (tertiary/aromatic N) is 3. The van der Waals surface area contributed by atoms with Crippen molar-refractivity contribution in [2.24, 2.45) is 0 Å². The Labute approximate surface area is 99.2 Å². The Morgan fingerprint density at radius 2 is 2.35 bits per heavy atom. The lowest BCUT2D eigenvalue weighted by Gasteiger charge is -1.98. The van der Waals surface area contributed by atoms with Crippen LogP contribution >= 0.6 is 0 Å². The maximum atomic E-state index is 8.70. The second-order valence-electron chi connectivity index (χ2n) is 3.73. The van der Waals surface area contributed by atoms with E-state index in [1.54, 1.807) is 10.9 Å². The Bertz CT molecular complexity index is 424. The van der Waals surface area contributed by atoms with Gasteiger partial charge < -0.3 is 14.8 Å². The van der Waals surface area contributed by atoms with Crippen LogP contribution in [0.15, 0.2) is 29.0 Å². The zero-order valence-electron chi connectivity index (χ0n) is 9.54. The fourth-order valence-corrected chi connectivity index (χ4v) is 1.49. The number of aromatic nitrogens is 3. The molecule has 6 nitrogen and oxygen atoms in total. The first-order chi connectivity index (χ1) is 8.38. The van der Waals surface area contributed by atoms with Crippen LogP contribution in [0, 0.1) is 0 Å². The molecule has 92 valence electrons. The van der Waals surface area contributed by atoms with Gasteiger partial charge in [0.2, 0.25) is 0 Å². The molecule has 0 aliphatic rings. The van der Waals surface area contributed by atoms with Crippen molar-refractivity contribution in [3.8, 4) is 0 Å². The van der Waals surface area contributed by atoms with Crippen LogP contribution in [-0.4, -0.2) is 26.7 Å². The SMILES string of the molecule is OCCCn1cc(CNCc2ccco2)nn1. The highest BCUT2D eigenvalue weighted by Gasteiger charge is 2.01. The van der Waals surface area contributed by atoms with Gasteiger partial charge in [-0.25, -0.2) is 0 Å². The molecule has 0 amide bonds. The quantitative estimate of drug-likeness (QED) is 0.734. The van der Waals surface area contributed by atoms with Crippen LogP contribution in [0.2, 0.25) is 0 Å². The summed E-state index contributed by atoms with van der Waals surface area (Å²) in [4.78, 5) is 0. The highest BCUT2D eigenvalue weighted by molar-refractivity contribution is 4.98. The summed E-state index contributed by atoms with van der Waals surface area (Å²) in [7, 11) is 0. The average molecular weight is 236 g/mol. The number of furan rings is 1. The maximum Gasteiger partial charge on any atom is 0.117 e. The van der Waals surface area contributed by atoms with Gasteiger partial charge in [-0.2, -0.15) is 0 Å². The van der Waals surface area contributed by atoms with E-state index >= 15 is 0 Å². The predicted octanol–water partition coefficient (Wildman–Crippen LogP) is 0.543. The molecule has 0 bridgehead atoms. The van der Waals surface area contributed by atoms with Crippen molar-refractivity contribution in [2.75, 3.05) is 6.61 Å². The largest absolute Gasteiger partial charge is 0.468 e. The van der Waals surface area contributed by atoms with Crippen molar-refractivity contribution in [1.29, 1.82) is 0 Å². The molecule has 0 spiro atoms. The molecule has 17 heavy (non-hydrogen) atoms. The van der Waals surface area contributed by atoms with Gasteiger partial charge in [0, 0.05) is 25.9 Å². The highest BCUT2D eigenvalue weighted by atomic mass is 16.3. The first kappa shape index (κ1) is 11.8. The van der Waals surface area contributed by atoms with Gasteiger partial charge in [-0.1, -0.05) is 5.21 Å². The molecule has 0 unspecified atom stereocenters. The first-order valence-corrected chi connectivity index (χ1v) is 5.61. The van der Waals surface area contributed by atoms with Gasteiger partial charge in [0.15, 0.2) is 0 Å². The topological polar surface area (TPSA) is 76.1 Å². The summed E-state index contributed by atoms with van der Waals surface area (Å²) in [5, 5.41) is 19.9. The summed E-state index contributed by atoms with van der Waals surface area (Å²) < 4.78 is 6.93. The lowest BCUT2D eigenvalue weighted by Crippen LogP contribution is -2.12. The molecular weight excluding hydrogens is 220 g/mol. The summed E-state index contributed by atoms with van der Waals surface area (Å²) in [6, 6.07) is 3.79. The van der Waals surface area contributed by atoms with E-state index in [4.69, 9.17) is 9.52 Å². The summed E-state index contributed by atoms with van der Waals surface area (Å²) in [5.41, 5.74) is 0.884. The van der Waals surface area contributed by atoms with Crippen molar-refractivity contribution < 1.29 is 9.52 Å². The van der Waals surface area contributed by atoms with Crippen LogP contribution in [0.1, 0.15) is 17.9 Å². The standard InChI is InChI=1S/C11H16N4O2/c16-5-2-4-15-9-10(13-14-15)7-12-8-11-3-1-6-17-11/h1,3,6,9,12,16H,2,4-5,7-8H2. The molecular formula is C11H16N4O2. The Morgan fingerprint density at radius 3 is 3.12 bits per heavy atom. The van der Waals surface area contributed by atoms with Gasteiger partial charge in [0.1, 0.15) is 5.76 Å². The molecule has 0 aliphatic carbocycles. The lowest BCUT2D eigenvalue weighted by molar-refractivity contribution is 0.276. The molecule has 6 heteroatoms. The van der Waals surface area contributed by atoms with E-state index in [-0.39, 0.29) is 6.61 Å². The molecule has 2 heterocycles.